The Bertz CT molecular complexity index is 1230. The first-order chi connectivity index (χ1) is 17.2. The van der Waals surface area contributed by atoms with Gasteiger partial charge in [-0.25, -0.2) is 9.78 Å². The number of aromatic nitrogens is 2. The molecule has 1 aromatic carbocycles. The monoisotopic (exact) mass is 494 g/mol. The molecule has 3 N–H and O–H groups in total. The molecule has 0 bridgehead atoms. The van der Waals surface area contributed by atoms with E-state index in [4.69, 9.17) is 9.47 Å². The lowest BCUT2D eigenvalue weighted by Crippen LogP contribution is -2.39. The van der Waals surface area contributed by atoms with Crippen LogP contribution < -0.4 is 10.6 Å². The Morgan fingerprint density at radius 2 is 2.06 bits per heavy atom. The zero-order chi connectivity index (χ0) is 25.9. The highest BCUT2D eigenvalue weighted by atomic mass is 16.5. The zero-order valence-corrected chi connectivity index (χ0v) is 21.2. The molecule has 3 heterocycles. The van der Waals surface area contributed by atoms with Gasteiger partial charge in [0.25, 0.3) is 5.91 Å². The number of nitrogens with one attached hydrogen (secondary N) is 2. The molecule has 1 aliphatic rings. The lowest BCUT2D eigenvalue weighted by atomic mass is 10.0. The maximum absolute atomic E-state index is 13.0. The van der Waals surface area contributed by atoms with E-state index in [-0.39, 0.29) is 17.6 Å². The number of carbonyl (C=O) groups excluding carboxylic acids is 2. The molecule has 1 saturated heterocycles. The van der Waals surface area contributed by atoms with E-state index in [1.165, 1.54) is 7.11 Å². The van der Waals surface area contributed by atoms with Crippen LogP contribution in [0.4, 0.5) is 11.4 Å². The number of esters is 1. The Morgan fingerprint density at radius 3 is 2.69 bits per heavy atom. The van der Waals surface area contributed by atoms with Crippen molar-refractivity contribution < 1.29 is 24.2 Å². The smallest absolute Gasteiger partial charge is 0.356 e. The summed E-state index contributed by atoms with van der Waals surface area (Å²) in [4.78, 5) is 30.7. The highest BCUT2D eigenvalue weighted by molar-refractivity contribution is 6.12. The summed E-state index contributed by atoms with van der Waals surface area (Å²) in [5.41, 5.74) is 1.92. The summed E-state index contributed by atoms with van der Waals surface area (Å²) in [7, 11) is 1.32. The number of pyridine rings is 1. The van der Waals surface area contributed by atoms with Crippen molar-refractivity contribution in [3.05, 3.63) is 53.9 Å². The first-order valence-corrected chi connectivity index (χ1v) is 12.2. The molecule has 1 fully saturated rings. The molecule has 9 heteroatoms. The number of hydrogen-bond acceptors (Lipinski definition) is 7. The van der Waals surface area contributed by atoms with Gasteiger partial charge in [-0.05, 0) is 51.7 Å². The molecule has 0 radical (unpaired) electrons. The average molecular weight is 495 g/mol. The fourth-order valence-electron chi connectivity index (χ4n) is 4.26. The number of aliphatic hydroxyl groups is 1. The standard InChI is InChI=1S/C27H34N4O5/c1-17(27(2,3)34)29-19-15-20-22(30-25(32)21-11-8-14-36-21)23(26(33)35-4)31(24(20)28-16-19)13-12-18-9-6-5-7-10-18/h5-7,9-10,15-17,21,29,34H,8,11-14H2,1-4H3,(H,30,32)/t17-,21-/m1/s1. The van der Waals surface area contributed by atoms with E-state index in [0.717, 1.165) is 12.0 Å². The zero-order valence-electron chi connectivity index (χ0n) is 21.2. The lowest BCUT2D eigenvalue weighted by molar-refractivity contribution is -0.124. The van der Waals surface area contributed by atoms with Crippen LogP contribution in [0.25, 0.3) is 11.0 Å². The predicted molar refractivity (Wildman–Crippen MR) is 138 cm³/mol. The van der Waals surface area contributed by atoms with Crippen LogP contribution in [0.15, 0.2) is 42.6 Å². The van der Waals surface area contributed by atoms with Gasteiger partial charge in [-0.3, -0.25) is 4.79 Å². The number of hydrogen-bond donors (Lipinski definition) is 3. The average Bonchev–Trinajstić information content (AvgIpc) is 3.49. The predicted octanol–water partition coefficient (Wildman–Crippen LogP) is 3.75. The van der Waals surface area contributed by atoms with Crippen LogP contribution in [-0.2, 0) is 27.2 Å². The van der Waals surface area contributed by atoms with Crippen LogP contribution in [0.3, 0.4) is 0 Å². The Labute approximate surface area is 210 Å². The number of amides is 1. The van der Waals surface area contributed by atoms with Gasteiger partial charge in [0.15, 0.2) is 5.69 Å². The first kappa shape index (κ1) is 25.7. The number of fused-ring (bicyclic) bond motifs is 1. The minimum Gasteiger partial charge on any atom is -0.464 e. The van der Waals surface area contributed by atoms with Crippen molar-refractivity contribution in [2.75, 3.05) is 24.4 Å². The van der Waals surface area contributed by atoms with E-state index in [2.05, 4.69) is 15.6 Å². The largest absolute Gasteiger partial charge is 0.464 e. The van der Waals surface area contributed by atoms with Gasteiger partial charge < -0.3 is 29.8 Å². The van der Waals surface area contributed by atoms with Crippen molar-refractivity contribution >= 4 is 34.3 Å². The maximum atomic E-state index is 13.0. The van der Waals surface area contributed by atoms with Crippen molar-refractivity contribution in [1.29, 1.82) is 0 Å². The molecule has 1 aliphatic heterocycles. The number of aryl methyl sites for hydroxylation is 2. The van der Waals surface area contributed by atoms with Gasteiger partial charge in [0.2, 0.25) is 0 Å². The lowest BCUT2D eigenvalue weighted by Gasteiger charge is -2.27. The van der Waals surface area contributed by atoms with Crippen LogP contribution in [0.2, 0.25) is 0 Å². The third-order valence-corrected chi connectivity index (χ3v) is 6.66. The number of benzene rings is 1. The van der Waals surface area contributed by atoms with Gasteiger partial charge in [0.05, 0.1) is 36.3 Å². The van der Waals surface area contributed by atoms with Crippen molar-refractivity contribution in [3.63, 3.8) is 0 Å². The molecule has 36 heavy (non-hydrogen) atoms. The second kappa shape index (κ2) is 10.7. The highest BCUT2D eigenvalue weighted by Gasteiger charge is 2.30. The first-order valence-electron chi connectivity index (χ1n) is 12.2. The summed E-state index contributed by atoms with van der Waals surface area (Å²) in [6.45, 7) is 6.31. The van der Waals surface area contributed by atoms with Gasteiger partial charge in [-0.1, -0.05) is 30.3 Å². The molecular formula is C27H34N4O5. The molecule has 192 valence electrons. The van der Waals surface area contributed by atoms with Crippen LogP contribution in [0.1, 0.15) is 49.7 Å². The molecule has 4 rings (SSSR count). The molecular weight excluding hydrogens is 460 g/mol. The Kier molecular flexibility index (Phi) is 7.61. The number of rotatable bonds is 9. The Morgan fingerprint density at radius 1 is 1.31 bits per heavy atom. The summed E-state index contributed by atoms with van der Waals surface area (Å²) >= 11 is 0. The van der Waals surface area contributed by atoms with E-state index in [1.54, 1.807) is 24.6 Å². The molecule has 2 atom stereocenters. The topological polar surface area (TPSA) is 115 Å². The molecule has 0 spiro atoms. The molecule has 0 unspecified atom stereocenters. The van der Waals surface area contributed by atoms with Crippen molar-refractivity contribution in [1.82, 2.24) is 9.55 Å². The second-order valence-corrected chi connectivity index (χ2v) is 9.71. The number of ether oxygens (including phenoxy) is 2. The number of anilines is 2. The normalized spacial score (nSPS) is 16.6. The molecule has 1 amide bonds. The molecule has 0 saturated carbocycles. The Balaban J connectivity index is 1.80. The van der Waals surface area contributed by atoms with Crippen molar-refractivity contribution in [2.24, 2.45) is 0 Å². The molecule has 2 aromatic heterocycles. The van der Waals surface area contributed by atoms with Gasteiger partial charge in [0.1, 0.15) is 11.8 Å². The van der Waals surface area contributed by atoms with E-state index in [0.29, 0.717) is 48.4 Å². The van der Waals surface area contributed by atoms with Gasteiger partial charge >= 0.3 is 5.97 Å². The van der Waals surface area contributed by atoms with Crippen LogP contribution >= 0.6 is 0 Å². The van der Waals surface area contributed by atoms with E-state index < -0.39 is 17.7 Å². The summed E-state index contributed by atoms with van der Waals surface area (Å²) in [5.74, 6) is -0.869. The van der Waals surface area contributed by atoms with Gasteiger partial charge in [0, 0.05) is 18.5 Å². The summed E-state index contributed by atoms with van der Waals surface area (Å²) in [6, 6.07) is 11.5. The maximum Gasteiger partial charge on any atom is 0.356 e. The Hall–Kier alpha value is -3.43. The van der Waals surface area contributed by atoms with Gasteiger partial charge in [-0.2, -0.15) is 0 Å². The fraction of sp³-hybridized carbons (Fsp3) is 0.444. The molecule has 9 nitrogen and oxygen atoms in total. The van der Waals surface area contributed by atoms with E-state index >= 15 is 0 Å². The summed E-state index contributed by atoms with van der Waals surface area (Å²) in [6.07, 6.45) is 3.19. The molecule has 0 aliphatic carbocycles. The number of carbonyl (C=O) groups is 2. The SMILES string of the molecule is COC(=O)c1c(NC(=O)[C@H]2CCCO2)c2cc(N[C@H](C)C(C)(C)O)cnc2n1CCc1ccccc1. The third-order valence-electron chi connectivity index (χ3n) is 6.66. The van der Waals surface area contributed by atoms with Crippen LogP contribution in [0, 0.1) is 0 Å². The third kappa shape index (κ3) is 5.52. The van der Waals surface area contributed by atoms with Crippen molar-refractivity contribution in [2.45, 2.75) is 64.3 Å². The van der Waals surface area contributed by atoms with E-state index in [9.17, 15) is 14.7 Å². The van der Waals surface area contributed by atoms with Crippen LogP contribution in [0.5, 0.6) is 0 Å². The summed E-state index contributed by atoms with van der Waals surface area (Å²) in [5, 5.41) is 17.2. The minimum atomic E-state index is -0.968. The number of methoxy groups -OCH3 is 1. The quantitative estimate of drug-likeness (QED) is 0.388. The van der Waals surface area contributed by atoms with E-state index in [1.807, 2.05) is 43.3 Å². The minimum absolute atomic E-state index is 0.231. The summed E-state index contributed by atoms with van der Waals surface area (Å²) < 4.78 is 12.5. The highest BCUT2D eigenvalue weighted by Crippen LogP contribution is 2.34. The second-order valence-electron chi connectivity index (χ2n) is 9.71. The van der Waals surface area contributed by atoms with Crippen LogP contribution in [-0.4, -0.2) is 58.0 Å². The van der Waals surface area contributed by atoms with Gasteiger partial charge in [-0.15, -0.1) is 0 Å². The molecule has 3 aromatic rings. The fourth-order valence-corrected chi connectivity index (χ4v) is 4.26. The number of nitrogens with zero attached hydrogens (tertiary/aromatic N) is 2. The van der Waals surface area contributed by atoms with Crippen molar-refractivity contribution in [3.8, 4) is 0 Å².